The van der Waals surface area contributed by atoms with E-state index < -0.39 is 5.60 Å². The Morgan fingerprint density at radius 1 is 1.26 bits per heavy atom. The van der Waals surface area contributed by atoms with E-state index in [-0.39, 0.29) is 18.0 Å². The van der Waals surface area contributed by atoms with Crippen LogP contribution < -0.4 is 0 Å². The third kappa shape index (κ3) is 2.76. The highest BCUT2D eigenvalue weighted by Crippen LogP contribution is 2.45. The summed E-state index contributed by atoms with van der Waals surface area (Å²) in [5.41, 5.74) is 0.631. The van der Waals surface area contributed by atoms with Gasteiger partial charge in [-0.1, -0.05) is 0 Å². The molecule has 0 aliphatic carbocycles. The summed E-state index contributed by atoms with van der Waals surface area (Å²) in [6, 6.07) is 3.71. The van der Waals surface area contributed by atoms with Crippen molar-refractivity contribution in [3.63, 3.8) is 0 Å². The number of rotatable bonds is 3. The van der Waals surface area contributed by atoms with E-state index in [1.54, 1.807) is 36.0 Å². The summed E-state index contributed by atoms with van der Waals surface area (Å²) in [7, 11) is 0. The number of nitrogens with zero attached hydrogens (tertiary/aromatic N) is 4. The van der Waals surface area contributed by atoms with Crippen LogP contribution in [0.4, 0.5) is 0 Å². The van der Waals surface area contributed by atoms with Gasteiger partial charge in [0.15, 0.2) is 5.82 Å². The van der Waals surface area contributed by atoms with Gasteiger partial charge in [-0.2, -0.15) is 5.10 Å². The average Bonchev–Trinajstić information content (AvgIpc) is 3.41. The Balaban J connectivity index is 1.39. The lowest BCUT2D eigenvalue weighted by molar-refractivity contribution is -0.0539. The summed E-state index contributed by atoms with van der Waals surface area (Å²) in [6.07, 6.45) is 9.67. The van der Waals surface area contributed by atoms with Crippen LogP contribution in [0.15, 0.2) is 42.3 Å². The molecule has 0 aromatic carbocycles. The van der Waals surface area contributed by atoms with E-state index in [0.29, 0.717) is 24.2 Å². The van der Waals surface area contributed by atoms with Gasteiger partial charge in [0, 0.05) is 59.3 Å². The van der Waals surface area contributed by atoms with Crippen molar-refractivity contribution in [2.45, 2.75) is 43.4 Å². The molecule has 1 amide bonds. The number of piperidine rings is 1. The van der Waals surface area contributed by atoms with E-state index in [1.807, 2.05) is 22.5 Å². The Kier molecular flexibility index (Phi) is 3.84. The number of hydrogen-bond donors (Lipinski definition) is 2. The van der Waals surface area contributed by atoms with Gasteiger partial charge in [0.25, 0.3) is 5.91 Å². The third-order valence-corrected chi connectivity index (χ3v) is 6.59. The van der Waals surface area contributed by atoms with Gasteiger partial charge in [-0.05, 0) is 25.0 Å². The number of aromatic amines is 1. The first kappa shape index (κ1) is 16.6. The van der Waals surface area contributed by atoms with Crippen LogP contribution in [0.1, 0.15) is 41.9 Å². The fourth-order valence-corrected chi connectivity index (χ4v) is 5.28. The summed E-state index contributed by atoms with van der Waals surface area (Å²) < 4.78 is 0. The highest BCUT2D eigenvalue weighted by Gasteiger charge is 2.51. The highest BCUT2D eigenvalue weighted by molar-refractivity contribution is 7.13. The van der Waals surface area contributed by atoms with Crippen molar-refractivity contribution in [1.29, 1.82) is 0 Å². The molecule has 3 aromatic rings. The molecule has 3 aromatic heterocycles. The molecule has 2 bridgehead atoms. The predicted octanol–water partition coefficient (Wildman–Crippen LogP) is 2.58. The first-order valence-corrected chi connectivity index (χ1v) is 9.92. The van der Waals surface area contributed by atoms with Crippen molar-refractivity contribution in [1.82, 2.24) is 25.1 Å². The van der Waals surface area contributed by atoms with Crippen LogP contribution >= 0.6 is 11.3 Å². The van der Waals surface area contributed by atoms with Gasteiger partial charge < -0.3 is 10.0 Å². The Labute approximate surface area is 160 Å². The van der Waals surface area contributed by atoms with Gasteiger partial charge in [-0.25, -0.2) is 9.97 Å². The highest BCUT2D eigenvalue weighted by atomic mass is 32.1. The van der Waals surface area contributed by atoms with Crippen molar-refractivity contribution >= 4 is 17.2 Å². The molecule has 2 aliphatic rings. The van der Waals surface area contributed by atoms with E-state index in [0.717, 1.165) is 23.3 Å². The number of nitrogens with one attached hydrogen (secondary N) is 1. The van der Waals surface area contributed by atoms with Crippen LogP contribution in [0.3, 0.4) is 0 Å². The first-order valence-electron chi connectivity index (χ1n) is 9.04. The number of fused-ring (bicyclic) bond motifs is 2. The number of hydrogen-bond acceptors (Lipinski definition) is 6. The van der Waals surface area contributed by atoms with Crippen LogP contribution in [0.25, 0.3) is 10.4 Å². The second-order valence-electron chi connectivity index (χ2n) is 7.30. The third-order valence-electron chi connectivity index (χ3n) is 5.61. The fraction of sp³-hybridized carbons (Fsp3) is 0.368. The van der Waals surface area contributed by atoms with Crippen LogP contribution in [0.2, 0.25) is 0 Å². The Morgan fingerprint density at radius 3 is 2.67 bits per heavy atom. The second kappa shape index (κ2) is 6.24. The van der Waals surface area contributed by atoms with Crippen molar-refractivity contribution < 1.29 is 9.90 Å². The second-order valence-corrected chi connectivity index (χ2v) is 8.21. The zero-order valence-electron chi connectivity index (χ0n) is 14.6. The molecule has 2 fully saturated rings. The molecule has 7 nitrogen and oxygen atoms in total. The van der Waals surface area contributed by atoms with Crippen molar-refractivity contribution in [3.05, 3.63) is 53.7 Å². The molecule has 2 unspecified atom stereocenters. The number of thiophene rings is 1. The largest absolute Gasteiger partial charge is 0.382 e. The summed E-state index contributed by atoms with van der Waals surface area (Å²) in [5, 5.41) is 19.8. The zero-order valence-corrected chi connectivity index (χ0v) is 15.4. The van der Waals surface area contributed by atoms with Crippen molar-refractivity contribution in [2.24, 2.45) is 0 Å². The number of amides is 1. The lowest BCUT2D eigenvalue weighted by Crippen LogP contribution is -2.52. The van der Waals surface area contributed by atoms with Gasteiger partial charge >= 0.3 is 0 Å². The number of carbonyl (C=O) groups is 1. The van der Waals surface area contributed by atoms with E-state index in [9.17, 15) is 9.90 Å². The molecule has 0 radical (unpaired) electrons. The monoisotopic (exact) mass is 381 g/mol. The standard InChI is InChI=1S/C19H19N5O2S/c25-17(12-6-16(27-11-12)13-9-22-23-10-13)24-14-2-3-15(24)8-19(26,7-14)18-20-4-1-5-21-18/h1,4-6,9-11,14-15,26H,2-3,7-8H2,(H,22,23). The van der Waals surface area contributed by atoms with Crippen molar-refractivity contribution in [2.75, 3.05) is 0 Å². The summed E-state index contributed by atoms with van der Waals surface area (Å²) in [4.78, 5) is 24.7. The lowest BCUT2D eigenvalue weighted by Gasteiger charge is -2.42. The van der Waals surface area contributed by atoms with Crippen molar-refractivity contribution in [3.8, 4) is 10.4 Å². The number of carbonyl (C=O) groups excluding carboxylic acids is 1. The Morgan fingerprint density at radius 2 is 2.00 bits per heavy atom. The molecule has 0 spiro atoms. The van der Waals surface area contributed by atoms with Crippen LogP contribution in [-0.4, -0.2) is 48.2 Å². The molecular weight excluding hydrogens is 362 g/mol. The lowest BCUT2D eigenvalue weighted by atomic mass is 9.85. The minimum absolute atomic E-state index is 0.0160. The molecular formula is C19H19N5O2S. The normalized spacial score (nSPS) is 27.1. The van der Waals surface area contributed by atoms with Gasteiger partial charge in [-0.3, -0.25) is 9.89 Å². The van der Waals surface area contributed by atoms with Crippen LogP contribution in [0, 0.1) is 0 Å². The van der Waals surface area contributed by atoms with E-state index >= 15 is 0 Å². The van der Waals surface area contributed by atoms with E-state index in [1.165, 1.54) is 0 Å². The molecule has 5 rings (SSSR count). The molecule has 5 heterocycles. The maximum atomic E-state index is 13.2. The number of aromatic nitrogens is 4. The topological polar surface area (TPSA) is 95.0 Å². The molecule has 27 heavy (non-hydrogen) atoms. The van der Waals surface area contributed by atoms with Gasteiger partial charge in [0.1, 0.15) is 5.60 Å². The van der Waals surface area contributed by atoms with E-state index in [2.05, 4.69) is 20.2 Å². The summed E-state index contributed by atoms with van der Waals surface area (Å²) >= 11 is 1.54. The minimum Gasteiger partial charge on any atom is -0.382 e. The molecule has 138 valence electrons. The Bertz CT molecular complexity index is 942. The minimum atomic E-state index is -1.06. The van der Waals surface area contributed by atoms with Gasteiger partial charge in [-0.15, -0.1) is 11.3 Å². The molecule has 2 saturated heterocycles. The zero-order chi connectivity index (χ0) is 18.4. The molecule has 8 heteroatoms. The van der Waals surface area contributed by atoms with Crippen LogP contribution in [-0.2, 0) is 5.60 Å². The van der Waals surface area contributed by atoms with Gasteiger partial charge in [0.05, 0.1) is 11.8 Å². The van der Waals surface area contributed by atoms with Gasteiger partial charge in [0.2, 0.25) is 0 Å². The average molecular weight is 381 g/mol. The number of H-pyrrole nitrogens is 1. The summed E-state index contributed by atoms with van der Waals surface area (Å²) in [5.74, 6) is 0.510. The first-order chi connectivity index (χ1) is 13.1. The fourth-order valence-electron chi connectivity index (χ4n) is 4.41. The molecule has 0 saturated carbocycles. The smallest absolute Gasteiger partial charge is 0.255 e. The van der Waals surface area contributed by atoms with E-state index in [4.69, 9.17) is 0 Å². The maximum Gasteiger partial charge on any atom is 0.255 e. The molecule has 2 N–H and O–H groups in total. The molecule has 2 atom stereocenters. The quantitative estimate of drug-likeness (QED) is 0.727. The Hall–Kier alpha value is -2.58. The maximum absolute atomic E-state index is 13.2. The predicted molar refractivity (Wildman–Crippen MR) is 100 cm³/mol. The number of aliphatic hydroxyl groups is 1. The van der Waals surface area contributed by atoms with Crippen LogP contribution in [0.5, 0.6) is 0 Å². The SMILES string of the molecule is O=C(c1csc(-c2cn[nH]c2)c1)N1C2CCC1CC(O)(c1ncccn1)C2. The summed E-state index contributed by atoms with van der Waals surface area (Å²) in [6.45, 7) is 0. The molecule has 2 aliphatic heterocycles.